The Morgan fingerprint density at radius 3 is 2.83 bits per heavy atom. The second kappa shape index (κ2) is 5.83. The van der Waals surface area contributed by atoms with Gasteiger partial charge >= 0.3 is 0 Å². The molecule has 0 saturated heterocycles. The summed E-state index contributed by atoms with van der Waals surface area (Å²) in [6, 6.07) is 9.08. The van der Waals surface area contributed by atoms with Crippen LogP contribution < -0.4 is 5.32 Å². The molecule has 1 N–H and O–H groups in total. The Morgan fingerprint density at radius 2 is 2.17 bits per heavy atom. The predicted octanol–water partition coefficient (Wildman–Crippen LogP) is 3.11. The number of aryl methyl sites for hydroxylation is 1. The van der Waals surface area contributed by atoms with Crippen molar-refractivity contribution in [1.82, 2.24) is 14.9 Å². The first-order valence-corrected chi connectivity index (χ1v) is 6.60. The molecular weight excluding hydrogens is 222 g/mol. The molecule has 2 aromatic rings. The maximum Gasteiger partial charge on any atom is 0.112 e. The van der Waals surface area contributed by atoms with E-state index >= 15 is 0 Å². The molecule has 1 aromatic heterocycles. The van der Waals surface area contributed by atoms with Crippen molar-refractivity contribution in [3.05, 3.63) is 48.0 Å². The second-order valence-electron chi connectivity index (χ2n) is 4.41. The number of rotatable bonds is 5. The van der Waals surface area contributed by atoms with Crippen LogP contribution >= 0.6 is 0 Å². The van der Waals surface area contributed by atoms with E-state index in [9.17, 15) is 0 Å². The molecule has 1 unspecified atom stereocenters. The van der Waals surface area contributed by atoms with Gasteiger partial charge in [0, 0.05) is 30.5 Å². The monoisotopic (exact) mass is 243 g/mol. The van der Waals surface area contributed by atoms with Crippen LogP contribution in [0.5, 0.6) is 0 Å². The first kappa shape index (κ1) is 12.8. The van der Waals surface area contributed by atoms with Gasteiger partial charge in [0.1, 0.15) is 5.82 Å². The topological polar surface area (TPSA) is 29.9 Å². The van der Waals surface area contributed by atoms with E-state index < -0.39 is 0 Å². The third-order valence-corrected chi connectivity index (χ3v) is 3.34. The summed E-state index contributed by atoms with van der Waals surface area (Å²) in [5.74, 6) is 1.10. The number of nitrogens with zero attached hydrogens (tertiary/aromatic N) is 2. The van der Waals surface area contributed by atoms with E-state index in [1.165, 1.54) is 11.3 Å². The fourth-order valence-corrected chi connectivity index (χ4v) is 2.33. The Morgan fingerprint density at radius 1 is 1.33 bits per heavy atom. The zero-order valence-corrected chi connectivity index (χ0v) is 11.4. The molecule has 96 valence electrons. The average Bonchev–Trinajstić information content (AvgIpc) is 2.89. The van der Waals surface area contributed by atoms with Crippen LogP contribution in [0.4, 0.5) is 0 Å². The van der Waals surface area contributed by atoms with Crippen LogP contribution in [-0.2, 0) is 6.42 Å². The summed E-state index contributed by atoms with van der Waals surface area (Å²) in [4.78, 5) is 4.37. The first-order chi connectivity index (χ1) is 8.80. The Hall–Kier alpha value is -1.61. The number of imidazole rings is 1. The van der Waals surface area contributed by atoms with Gasteiger partial charge in [0.2, 0.25) is 0 Å². The lowest BCUT2D eigenvalue weighted by atomic mass is 10.0. The van der Waals surface area contributed by atoms with Crippen molar-refractivity contribution in [3.8, 4) is 5.69 Å². The smallest absolute Gasteiger partial charge is 0.112 e. The Kier molecular flexibility index (Phi) is 4.15. The van der Waals surface area contributed by atoms with Gasteiger partial charge in [-0.1, -0.05) is 26.0 Å². The lowest BCUT2D eigenvalue weighted by Crippen LogP contribution is -2.15. The lowest BCUT2D eigenvalue weighted by Gasteiger charge is -2.16. The lowest BCUT2D eigenvalue weighted by molar-refractivity contribution is 0.576. The molecule has 0 radical (unpaired) electrons. The number of hydrogen-bond donors (Lipinski definition) is 1. The highest BCUT2D eigenvalue weighted by atomic mass is 15.1. The number of aromatic nitrogens is 2. The van der Waals surface area contributed by atoms with Gasteiger partial charge in [0.15, 0.2) is 0 Å². The molecule has 1 atom stereocenters. The first-order valence-electron chi connectivity index (χ1n) is 6.60. The molecule has 1 heterocycles. The molecule has 1 aromatic carbocycles. The van der Waals surface area contributed by atoms with Gasteiger partial charge in [-0.2, -0.15) is 0 Å². The molecule has 0 spiro atoms. The van der Waals surface area contributed by atoms with Gasteiger partial charge in [0.05, 0.1) is 0 Å². The highest BCUT2D eigenvalue weighted by Gasteiger charge is 2.08. The van der Waals surface area contributed by atoms with Crippen LogP contribution in [0.1, 0.15) is 37.7 Å². The van der Waals surface area contributed by atoms with Crippen molar-refractivity contribution in [2.75, 3.05) is 7.05 Å². The molecule has 18 heavy (non-hydrogen) atoms. The molecule has 3 nitrogen and oxygen atoms in total. The summed E-state index contributed by atoms with van der Waals surface area (Å²) in [5.41, 5.74) is 2.52. The van der Waals surface area contributed by atoms with Gasteiger partial charge in [-0.25, -0.2) is 4.98 Å². The van der Waals surface area contributed by atoms with Crippen LogP contribution in [0.15, 0.2) is 36.7 Å². The normalized spacial score (nSPS) is 12.6. The van der Waals surface area contributed by atoms with Crippen molar-refractivity contribution in [2.45, 2.75) is 32.7 Å². The highest BCUT2D eigenvalue weighted by molar-refractivity contribution is 5.38. The Balaban J connectivity index is 2.38. The zero-order chi connectivity index (χ0) is 13.0. The number of nitrogens with one attached hydrogen (secondary N) is 1. The molecule has 0 aliphatic carbocycles. The minimum absolute atomic E-state index is 0.415. The molecule has 0 fully saturated rings. The van der Waals surface area contributed by atoms with E-state index in [2.05, 4.69) is 53.0 Å². The van der Waals surface area contributed by atoms with Crippen LogP contribution in [0.3, 0.4) is 0 Å². The SMILES string of the molecule is CCc1nccn1-c1cccc(C(CC)NC)c1. The Labute approximate surface area is 109 Å². The van der Waals surface area contributed by atoms with E-state index in [1.807, 2.05) is 19.4 Å². The summed E-state index contributed by atoms with van der Waals surface area (Å²) in [7, 11) is 2.01. The van der Waals surface area contributed by atoms with Gasteiger partial charge in [0.25, 0.3) is 0 Å². The minimum Gasteiger partial charge on any atom is -0.313 e. The van der Waals surface area contributed by atoms with Crippen molar-refractivity contribution in [3.63, 3.8) is 0 Å². The molecular formula is C15H21N3. The van der Waals surface area contributed by atoms with Gasteiger partial charge in [-0.3, -0.25) is 0 Å². The fourth-order valence-electron chi connectivity index (χ4n) is 2.33. The minimum atomic E-state index is 0.415. The summed E-state index contributed by atoms with van der Waals surface area (Å²) in [5, 5.41) is 3.34. The van der Waals surface area contributed by atoms with Crippen LogP contribution in [0.2, 0.25) is 0 Å². The predicted molar refractivity (Wildman–Crippen MR) is 75.0 cm³/mol. The maximum absolute atomic E-state index is 4.37. The Bertz CT molecular complexity index is 498. The average molecular weight is 243 g/mol. The molecule has 3 heteroatoms. The third-order valence-electron chi connectivity index (χ3n) is 3.34. The summed E-state index contributed by atoms with van der Waals surface area (Å²) in [6.07, 6.45) is 5.92. The van der Waals surface area contributed by atoms with Crippen LogP contribution in [0, 0.1) is 0 Å². The van der Waals surface area contributed by atoms with Crippen LogP contribution in [-0.4, -0.2) is 16.6 Å². The van der Waals surface area contributed by atoms with Crippen molar-refractivity contribution < 1.29 is 0 Å². The van der Waals surface area contributed by atoms with E-state index in [0.29, 0.717) is 6.04 Å². The standard InChI is InChI=1S/C15H21N3/c1-4-14(16-3)12-7-6-8-13(11-12)18-10-9-17-15(18)5-2/h6-11,14,16H,4-5H2,1-3H3. The molecule has 0 aliphatic heterocycles. The van der Waals surface area contributed by atoms with Gasteiger partial charge < -0.3 is 9.88 Å². The summed E-state index contributed by atoms with van der Waals surface area (Å²) in [6.45, 7) is 4.33. The molecule has 0 amide bonds. The van der Waals surface area contributed by atoms with Crippen molar-refractivity contribution in [2.24, 2.45) is 0 Å². The fraction of sp³-hybridized carbons (Fsp3) is 0.400. The molecule has 0 saturated carbocycles. The van der Waals surface area contributed by atoms with E-state index in [1.54, 1.807) is 0 Å². The largest absolute Gasteiger partial charge is 0.313 e. The van der Waals surface area contributed by atoms with Gasteiger partial charge in [-0.15, -0.1) is 0 Å². The van der Waals surface area contributed by atoms with Gasteiger partial charge in [-0.05, 0) is 31.2 Å². The molecule has 0 aliphatic rings. The molecule has 0 bridgehead atoms. The summed E-state index contributed by atoms with van der Waals surface area (Å²) < 4.78 is 2.16. The number of hydrogen-bond acceptors (Lipinski definition) is 2. The zero-order valence-electron chi connectivity index (χ0n) is 11.4. The van der Waals surface area contributed by atoms with E-state index in [0.717, 1.165) is 18.7 Å². The van der Waals surface area contributed by atoms with Crippen molar-refractivity contribution in [1.29, 1.82) is 0 Å². The maximum atomic E-state index is 4.37. The highest BCUT2D eigenvalue weighted by Crippen LogP contribution is 2.20. The van der Waals surface area contributed by atoms with E-state index in [-0.39, 0.29) is 0 Å². The number of benzene rings is 1. The van der Waals surface area contributed by atoms with Crippen molar-refractivity contribution >= 4 is 0 Å². The third kappa shape index (κ3) is 2.46. The van der Waals surface area contributed by atoms with E-state index in [4.69, 9.17) is 0 Å². The second-order valence-corrected chi connectivity index (χ2v) is 4.41. The quantitative estimate of drug-likeness (QED) is 0.874. The molecule has 2 rings (SSSR count). The van der Waals surface area contributed by atoms with Crippen LogP contribution in [0.25, 0.3) is 5.69 Å². The summed E-state index contributed by atoms with van der Waals surface area (Å²) >= 11 is 0.